The first kappa shape index (κ1) is 33.5. The van der Waals surface area contributed by atoms with Gasteiger partial charge < -0.3 is 24.8 Å². The summed E-state index contributed by atoms with van der Waals surface area (Å²) in [4.78, 5) is 36.2. The van der Waals surface area contributed by atoms with Crippen LogP contribution in [0, 0.1) is 0 Å². The summed E-state index contributed by atoms with van der Waals surface area (Å²) < 4.78 is 6.41. The second-order valence-corrected chi connectivity index (χ2v) is 14.6. The number of carbonyl (C=O) groups excluding carboxylic acids is 2. The van der Waals surface area contributed by atoms with Gasteiger partial charge in [0.25, 0.3) is 11.8 Å². The van der Waals surface area contributed by atoms with Crippen molar-refractivity contribution in [3.8, 4) is 16.9 Å². The number of thiophene rings is 1. The SMILES string of the molecule is O=C(Nc1ccc(C(=O)N2CCCCc3sccc32)cc1OCCCCN1CCC(N2CCCC2)CC1)c1ccccc1-c1ccccc1. The molecule has 3 aliphatic rings. The molecule has 2 fully saturated rings. The smallest absolute Gasteiger partial charge is 0.258 e. The Labute approximate surface area is 294 Å². The van der Waals surface area contributed by atoms with Gasteiger partial charge in [0, 0.05) is 28.6 Å². The number of likely N-dealkylation sites (tertiary alicyclic amines) is 2. The zero-order valence-corrected chi connectivity index (χ0v) is 29.3. The third-order valence-corrected chi connectivity index (χ3v) is 11.3. The highest BCUT2D eigenvalue weighted by Gasteiger charge is 2.27. The molecule has 4 aromatic rings. The fraction of sp³-hybridized carbons (Fsp3) is 0.415. The average Bonchev–Trinajstić information content (AvgIpc) is 3.82. The third-order valence-electron chi connectivity index (χ3n) is 10.4. The van der Waals surface area contributed by atoms with Crippen molar-refractivity contribution in [2.45, 2.75) is 63.8 Å². The van der Waals surface area contributed by atoms with Gasteiger partial charge in [0.05, 0.1) is 18.0 Å². The highest BCUT2D eigenvalue weighted by atomic mass is 32.1. The summed E-state index contributed by atoms with van der Waals surface area (Å²) >= 11 is 1.72. The number of ether oxygens (including phenoxy) is 1. The van der Waals surface area contributed by atoms with Gasteiger partial charge in [-0.05, 0) is 137 Å². The number of piperidine rings is 1. The maximum absolute atomic E-state index is 14.0. The number of nitrogens with one attached hydrogen (secondary N) is 1. The van der Waals surface area contributed by atoms with Crippen molar-refractivity contribution >= 4 is 34.5 Å². The van der Waals surface area contributed by atoms with E-state index in [2.05, 4.69) is 26.6 Å². The lowest BCUT2D eigenvalue weighted by molar-refractivity contribution is 0.0985. The Kier molecular flexibility index (Phi) is 11.0. The van der Waals surface area contributed by atoms with E-state index in [0.717, 1.165) is 61.5 Å². The van der Waals surface area contributed by atoms with E-state index in [1.807, 2.05) is 77.7 Å². The topological polar surface area (TPSA) is 65.1 Å². The Morgan fingerprint density at radius 1 is 0.816 bits per heavy atom. The second-order valence-electron chi connectivity index (χ2n) is 13.6. The Hall–Kier alpha value is -3.98. The van der Waals surface area contributed by atoms with Gasteiger partial charge >= 0.3 is 0 Å². The molecule has 1 aromatic heterocycles. The molecular formula is C41H48N4O3S. The Bertz CT molecular complexity index is 1710. The van der Waals surface area contributed by atoms with Crippen LogP contribution >= 0.6 is 11.3 Å². The van der Waals surface area contributed by atoms with E-state index in [-0.39, 0.29) is 11.8 Å². The monoisotopic (exact) mass is 676 g/mol. The van der Waals surface area contributed by atoms with Crippen LogP contribution in [0.25, 0.3) is 11.1 Å². The van der Waals surface area contributed by atoms with Crippen molar-refractivity contribution in [3.05, 3.63) is 100 Å². The molecule has 0 aliphatic carbocycles. The molecule has 0 bridgehead atoms. The average molecular weight is 677 g/mol. The molecule has 1 N–H and O–H groups in total. The van der Waals surface area contributed by atoms with Gasteiger partial charge in [-0.15, -0.1) is 11.3 Å². The van der Waals surface area contributed by atoms with Crippen molar-refractivity contribution in [2.75, 3.05) is 56.1 Å². The molecule has 0 unspecified atom stereocenters. The van der Waals surface area contributed by atoms with Crippen molar-refractivity contribution < 1.29 is 14.3 Å². The van der Waals surface area contributed by atoms with Crippen LogP contribution in [-0.4, -0.2) is 73.5 Å². The maximum Gasteiger partial charge on any atom is 0.258 e. The summed E-state index contributed by atoms with van der Waals surface area (Å²) in [6, 6.07) is 25.9. The summed E-state index contributed by atoms with van der Waals surface area (Å²) in [6.07, 6.45) is 10.3. The number of amides is 2. The number of hydrogen-bond acceptors (Lipinski definition) is 6. The van der Waals surface area contributed by atoms with E-state index in [1.54, 1.807) is 11.3 Å². The fourth-order valence-corrected chi connectivity index (χ4v) is 8.58. The van der Waals surface area contributed by atoms with E-state index < -0.39 is 0 Å². The lowest BCUT2D eigenvalue weighted by Gasteiger charge is -2.36. The van der Waals surface area contributed by atoms with Crippen LogP contribution in [0.2, 0.25) is 0 Å². The summed E-state index contributed by atoms with van der Waals surface area (Å²) in [5.74, 6) is 0.287. The number of rotatable bonds is 11. The van der Waals surface area contributed by atoms with Gasteiger partial charge in [-0.25, -0.2) is 0 Å². The van der Waals surface area contributed by atoms with Crippen LogP contribution in [0.4, 0.5) is 11.4 Å². The van der Waals surface area contributed by atoms with Crippen LogP contribution in [-0.2, 0) is 6.42 Å². The maximum atomic E-state index is 14.0. The molecule has 2 amide bonds. The first-order valence-electron chi connectivity index (χ1n) is 18.2. The molecule has 3 aliphatic heterocycles. The lowest BCUT2D eigenvalue weighted by atomic mass is 9.99. The molecule has 7 nitrogen and oxygen atoms in total. The van der Waals surface area contributed by atoms with Crippen molar-refractivity contribution in [1.82, 2.24) is 9.80 Å². The number of aryl methyl sites for hydroxylation is 1. The van der Waals surface area contributed by atoms with Crippen LogP contribution in [0.1, 0.15) is 77.0 Å². The van der Waals surface area contributed by atoms with Crippen molar-refractivity contribution in [2.24, 2.45) is 0 Å². The summed E-state index contributed by atoms with van der Waals surface area (Å²) in [5, 5.41) is 5.20. The summed E-state index contributed by atoms with van der Waals surface area (Å²) in [5.41, 5.74) is 4.60. The normalized spacial score (nSPS) is 17.4. The molecular weight excluding hydrogens is 629 g/mol. The molecule has 0 atom stereocenters. The van der Waals surface area contributed by atoms with Gasteiger partial charge in [0.1, 0.15) is 5.75 Å². The molecule has 0 spiro atoms. The minimum absolute atomic E-state index is 0.0315. The number of carbonyl (C=O) groups is 2. The first-order chi connectivity index (χ1) is 24.1. The molecule has 3 aromatic carbocycles. The molecule has 0 saturated carbocycles. The highest BCUT2D eigenvalue weighted by Crippen LogP contribution is 2.34. The zero-order valence-electron chi connectivity index (χ0n) is 28.4. The predicted molar refractivity (Wildman–Crippen MR) is 200 cm³/mol. The van der Waals surface area contributed by atoms with E-state index in [4.69, 9.17) is 4.74 Å². The number of benzene rings is 3. The zero-order chi connectivity index (χ0) is 33.4. The number of hydrogen-bond donors (Lipinski definition) is 1. The molecule has 0 radical (unpaired) electrons. The highest BCUT2D eigenvalue weighted by molar-refractivity contribution is 7.10. The van der Waals surface area contributed by atoms with E-state index in [9.17, 15) is 9.59 Å². The van der Waals surface area contributed by atoms with Gasteiger partial charge in [0.2, 0.25) is 0 Å². The lowest BCUT2D eigenvalue weighted by Crippen LogP contribution is -2.44. The van der Waals surface area contributed by atoms with Gasteiger partial charge in [-0.3, -0.25) is 9.59 Å². The molecule has 7 rings (SSSR count). The minimum atomic E-state index is -0.212. The largest absolute Gasteiger partial charge is 0.491 e. The van der Waals surface area contributed by atoms with E-state index in [0.29, 0.717) is 35.7 Å². The van der Waals surface area contributed by atoms with Crippen molar-refractivity contribution in [3.63, 3.8) is 0 Å². The number of nitrogens with zero attached hydrogens (tertiary/aromatic N) is 3. The van der Waals surface area contributed by atoms with Gasteiger partial charge in [0.15, 0.2) is 0 Å². The number of fused-ring (bicyclic) bond motifs is 1. The third kappa shape index (κ3) is 8.09. The van der Waals surface area contributed by atoms with Gasteiger partial charge in [-0.1, -0.05) is 48.5 Å². The van der Waals surface area contributed by atoms with Crippen LogP contribution < -0.4 is 15.0 Å². The standard InChI is InChI=1S/C41H48N4O3S/c46-40(35-15-5-4-14-34(35)31-12-2-1-3-13-31)42-36-18-17-32(41(47)45-25-7-6-16-39-37(45)21-29-49-39)30-38(36)48-28-11-10-22-43-26-19-33(20-27-43)44-23-8-9-24-44/h1-5,12-15,17-18,21,29-30,33H,6-11,16,19-20,22-28H2,(H,42,46). The van der Waals surface area contributed by atoms with Crippen LogP contribution in [0.15, 0.2) is 84.2 Å². The van der Waals surface area contributed by atoms with Crippen LogP contribution in [0.3, 0.4) is 0 Å². The fourth-order valence-electron chi connectivity index (χ4n) is 7.66. The first-order valence-corrected chi connectivity index (χ1v) is 19.1. The molecule has 49 heavy (non-hydrogen) atoms. The quantitative estimate of drug-likeness (QED) is 0.162. The van der Waals surface area contributed by atoms with E-state index in [1.165, 1.54) is 56.7 Å². The van der Waals surface area contributed by atoms with Crippen molar-refractivity contribution in [1.29, 1.82) is 0 Å². The summed E-state index contributed by atoms with van der Waals surface area (Å²) in [7, 11) is 0. The van der Waals surface area contributed by atoms with Gasteiger partial charge in [-0.2, -0.15) is 0 Å². The van der Waals surface area contributed by atoms with E-state index >= 15 is 0 Å². The Morgan fingerprint density at radius 2 is 1.59 bits per heavy atom. The number of unbranched alkanes of at least 4 members (excludes halogenated alkanes) is 1. The van der Waals surface area contributed by atoms with Crippen LogP contribution in [0.5, 0.6) is 5.75 Å². The second kappa shape index (κ2) is 16.2. The molecule has 4 heterocycles. The number of anilines is 2. The summed E-state index contributed by atoms with van der Waals surface area (Å²) in [6.45, 7) is 7.21. The minimum Gasteiger partial charge on any atom is -0.491 e. The molecule has 256 valence electrons. The Balaban J connectivity index is 1.04. The Morgan fingerprint density at radius 3 is 2.43 bits per heavy atom. The molecule has 8 heteroatoms. The molecule has 2 saturated heterocycles. The predicted octanol–water partition coefficient (Wildman–Crippen LogP) is 8.37.